The summed E-state index contributed by atoms with van der Waals surface area (Å²) in [6.07, 6.45) is 0. The summed E-state index contributed by atoms with van der Waals surface area (Å²) >= 11 is 0. The SMILES string of the molecule is COc1ccc(CN(C)C2COCC2C(=O)O)c(F)c1. The molecule has 5 nitrogen and oxygen atoms in total. The first-order chi connectivity index (χ1) is 9.52. The third-order valence-electron chi connectivity index (χ3n) is 3.61. The Hall–Kier alpha value is -1.66. The first kappa shape index (κ1) is 14.7. The summed E-state index contributed by atoms with van der Waals surface area (Å²) < 4.78 is 24.1. The molecule has 1 aliphatic rings. The van der Waals surface area contributed by atoms with E-state index in [-0.39, 0.29) is 18.5 Å². The molecule has 1 N–H and O–H groups in total. The zero-order valence-electron chi connectivity index (χ0n) is 11.5. The van der Waals surface area contributed by atoms with E-state index in [2.05, 4.69) is 0 Å². The van der Waals surface area contributed by atoms with E-state index in [1.54, 1.807) is 19.2 Å². The molecule has 0 radical (unpaired) electrons. The minimum Gasteiger partial charge on any atom is -0.497 e. The molecule has 0 bridgehead atoms. The van der Waals surface area contributed by atoms with Gasteiger partial charge in [0.15, 0.2) is 0 Å². The number of halogens is 1. The highest BCUT2D eigenvalue weighted by molar-refractivity contribution is 5.71. The number of hydrogen-bond acceptors (Lipinski definition) is 4. The maximum Gasteiger partial charge on any atom is 0.310 e. The first-order valence-corrected chi connectivity index (χ1v) is 6.36. The van der Waals surface area contributed by atoms with Crippen molar-refractivity contribution in [3.05, 3.63) is 29.6 Å². The van der Waals surface area contributed by atoms with Crippen molar-refractivity contribution in [2.45, 2.75) is 12.6 Å². The van der Waals surface area contributed by atoms with Gasteiger partial charge in [0.25, 0.3) is 0 Å². The predicted molar refractivity (Wildman–Crippen MR) is 70.2 cm³/mol. The van der Waals surface area contributed by atoms with Gasteiger partial charge in [0.05, 0.1) is 26.2 Å². The standard InChI is InChI=1S/C14H18FNO4/c1-16(13-8-20-7-11(13)14(17)18)6-9-3-4-10(19-2)5-12(9)15/h3-5,11,13H,6-8H2,1-2H3,(H,17,18). The Morgan fingerprint density at radius 2 is 2.30 bits per heavy atom. The van der Waals surface area contributed by atoms with Gasteiger partial charge in [-0.15, -0.1) is 0 Å². The highest BCUT2D eigenvalue weighted by Crippen LogP contribution is 2.23. The number of benzene rings is 1. The zero-order valence-corrected chi connectivity index (χ0v) is 11.5. The number of carboxylic acid groups (broad SMARTS) is 1. The second kappa shape index (κ2) is 6.19. The lowest BCUT2D eigenvalue weighted by atomic mass is 10.0. The van der Waals surface area contributed by atoms with Gasteiger partial charge in [0.1, 0.15) is 11.6 Å². The van der Waals surface area contributed by atoms with Crippen molar-refractivity contribution in [3.8, 4) is 5.75 Å². The predicted octanol–water partition coefficient (Wildman–Crippen LogP) is 1.37. The highest BCUT2D eigenvalue weighted by Gasteiger charge is 2.36. The van der Waals surface area contributed by atoms with Crippen LogP contribution < -0.4 is 4.74 Å². The van der Waals surface area contributed by atoms with Crippen LogP contribution in [-0.2, 0) is 16.1 Å². The van der Waals surface area contributed by atoms with Crippen molar-refractivity contribution >= 4 is 5.97 Å². The monoisotopic (exact) mass is 283 g/mol. The average molecular weight is 283 g/mol. The summed E-state index contributed by atoms with van der Waals surface area (Å²) in [6.45, 7) is 0.883. The fourth-order valence-electron chi connectivity index (χ4n) is 2.38. The van der Waals surface area contributed by atoms with Crippen LogP contribution in [0.15, 0.2) is 18.2 Å². The molecule has 0 saturated carbocycles. The van der Waals surface area contributed by atoms with Crippen molar-refractivity contribution in [3.63, 3.8) is 0 Å². The molecule has 1 aromatic rings. The third-order valence-corrected chi connectivity index (χ3v) is 3.61. The molecule has 110 valence electrons. The van der Waals surface area contributed by atoms with Gasteiger partial charge in [-0.25, -0.2) is 4.39 Å². The van der Waals surface area contributed by atoms with Crippen LogP contribution in [-0.4, -0.2) is 49.4 Å². The molecular formula is C14H18FNO4. The van der Waals surface area contributed by atoms with Crippen molar-refractivity contribution in [1.82, 2.24) is 4.90 Å². The van der Waals surface area contributed by atoms with E-state index in [1.807, 2.05) is 4.90 Å². The summed E-state index contributed by atoms with van der Waals surface area (Å²) in [5.74, 6) is -1.35. The number of carbonyl (C=O) groups is 1. The van der Waals surface area contributed by atoms with Crippen molar-refractivity contribution in [1.29, 1.82) is 0 Å². The van der Waals surface area contributed by atoms with E-state index in [9.17, 15) is 9.18 Å². The minimum absolute atomic E-state index is 0.204. The lowest BCUT2D eigenvalue weighted by Crippen LogP contribution is -2.40. The van der Waals surface area contributed by atoms with E-state index in [1.165, 1.54) is 13.2 Å². The molecular weight excluding hydrogens is 265 g/mol. The van der Waals surface area contributed by atoms with E-state index in [0.29, 0.717) is 24.5 Å². The second-order valence-electron chi connectivity index (χ2n) is 4.92. The molecule has 1 fully saturated rings. The van der Waals surface area contributed by atoms with Gasteiger partial charge in [-0.2, -0.15) is 0 Å². The van der Waals surface area contributed by atoms with Gasteiger partial charge in [-0.3, -0.25) is 9.69 Å². The van der Waals surface area contributed by atoms with Crippen LogP contribution in [0.4, 0.5) is 4.39 Å². The zero-order chi connectivity index (χ0) is 14.7. The number of methoxy groups -OCH3 is 1. The molecule has 2 rings (SSSR count). The Balaban J connectivity index is 2.07. The van der Waals surface area contributed by atoms with Crippen LogP contribution in [0.3, 0.4) is 0 Å². The molecule has 2 unspecified atom stereocenters. The van der Waals surface area contributed by atoms with Gasteiger partial charge in [-0.05, 0) is 13.1 Å². The molecule has 0 aromatic heterocycles. The summed E-state index contributed by atoms with van der Waals surface area (Å²) in [4.78, 5) is 12.9. The van der Waals surface area contributed by atoms with Crippen molar-refractivity contribution in [2.75, 3.05) is 27.4 Å². The van der Waals surface area contributed by atoms with Gasteiger partial charge in [0, 0.05) is 24.2 Å². The lowest BCUT2D eigenvalue weighted by molar-refractivity contribution is -0.143. The largest absolute Gasteiger partial charge is 0.497 e. The molecule has 1 heterocycles. The molecule has 0 amide bonds. The van der Waals surface area contributed by atoms with Crippen LogP contribution >= 0.6 is 0 Å². The smallest absolute Gasteiger partial charge is 0.310 e. The number of rotatable bonds is 5. The summed E-state index contributed by atoms with van der Waals surface area (Å²) in [5.41, 5.74) is 0.504. The second-order valence-corrected chi connectivity index (χ2v) is 4.92. The lowest BCUT2D eigenvalue weighted by Gasteiger charge is -2.26. The number of carboxylic acids is 1. The number of likely N-dealkylation sites (N-methyl/N-ethyl adjacent to an activating group) is 1. The number of aliphatic carboxylic acids is 1. The van der Waals surface area contributed by atoms with E-state index in [0.717, 1.165) is 0 Å². The molecule has 1 aliphatic heterocycles. The maximum atomic E-state index is 13.9. The van der Waals surface area contributed by atoms with Crippen LogP contribution in [0.2, 0.25) is 0 Å². The molecule has 2 atom stereocenters. The first-order valence-electron chi connectivity index (χ1n) is 6.36. The van der Waals surface area contributed by atoms with E-state index < -0.39 is 11.9 Å². The third kappa shape index (κ3) is 3.08. The number of ether oxygens (including phenoxy) is 2. The van der Waals surface area contributed by atoms with Crippen molar-refractivity contribution < 1.29 is 23.8 Å². The molecule has 0 spiro atoms. The maximum absolute atomic E-state index is 13.9. The Kier molecular flexibility index (Phi) is 4.57. The molecule has 0 aliphatic carbocycles. The summed E-state index contributed by atoms with van der Waals surface area (Å²) in [5, 5.41) is 9.12. The highest BCUT2D eigenvalue weighted by atomic mass is 19.1. The van der Waals surface area contributed by atoms with E-state index >= 15 is 0 Å². The Bertz CT molecular complexity index is 494. The van der Waals surface area contributed by atoms with Gasteiger partial charge >= 0.3 is 5.97 Å². The van der Waals surface area contributed by atoms with Crippen LogP contribution in [0.5, 0.6) is 5.75 Å². The number of nitrogens with zero attached hydrogens (tertiary/aromatic N) is 1. The van der Waals surface area contributed by atoms with E-state index in [4.69, 9.17) is 14.6 Å². The fraction of sp³-hybridized carbons (Fsp3) is 0.500. The van der Waals surface area contributed by atoms with Crippen molar-refractivity contribution in [2.24, 2.45) is 5.92 Å². The van der Waals surface area contributed by atoms with Gasteiger partial charge in [-0.1, -0.05) is 6.07 Å². The normalized spacial score (nSPS) is 22.2. The molecule has 20 heavy (non-hydrogen) atoms. The van der Waals surface area contributed by atoms with Crippen LogP contribution in [0, 0.1) is 11.7 Å². The quantitative estimate of drug-likeness (QED) is 0.884. The topological polar surface area (TPSA) is 59.0 Å². The summed E-state index contributed by atoms with van der Waals surface area (Å²) in [7, 11) is 3.26. The van der Waals surface area contributed by atoms with Gasteiger partial charge in [0.2, 0.25) is 0 Å². The fourth-order valence-corrected chi connectivity index (χ4v) is 2.38. The molecule has 1 aromatic carbocycles. The van der Waals surface area contributed by atoms with Crippen LogP contribution in [0.1, 0.15) is 5.56 Å². The number of hydrogen-bond donors (Lipinski definition) is 1. The molecule has 6 heteroatoms. The molecule has 1 saturated heterocycles. The summed E-state index contributed by atoms with van der Waals surface area (Å²) in [6, 6.07) is 4.42. The Morgan fingerprint density at radius 1 is 1.55 bits per heavy atom. The average Bonchev–Trinajstić information content (AvgIpc) is 2.90. The minimum atomic E-state index is -0.880. The Morgan fingerprint density at radius 3 is 2.90 bits per heavy atom. The van der Waals surface area contributed by atoms with Crippen LogP contribution in [0.25, 0.3) is 0 Å². The van der Waals surface area contributed by atoms with Gasteiger partial charge < -0.3 is 14.6 Å². The Labute approximate surface area is 116 Å².